The van der Waals surface area contributed by atoms with Gasteiger partial charge in [0.15, 0.2) is 0 Å². The van der Waals surface area contributed by atoms with Crippen molar-refractivity contribution in [2.24, 2.45) is 0 Å². The number of nitrogens with one attached hydrogen (secondary N) is 2. The third kappa shape index (κ3) is 5.11. The van der Waals surface area contributed by atoms with Crippen molar-refractivity contribution in [2.75, 3.05) is 5.32 Å². The fraction of sp³-hybridized carbons (Fsp3) is 0.120. The van der Waals surface area contributed by atoms with Gasteiger partial charge >= 0.3 is 0 Å². The van der Waals surface area contributed by atoms with E-state index in [-0.39, 0.29) is 11.8 Å². The molecule has 0 fully saturated rings. The third-order valence-electron chi connectivity index (χ3n) is 5.07. The van der Waals surface area contributed by atoms with Gasteiger partial charge in [-0.3, -0.25) is 9.59 Å². The molecule has 0 saturated carbocycles. The Morgan fingerprint density at radius 1 is 0.806 bits per heavy atom. The van der Waals surface area contributed by atoms with Crippen LogP contribution in [0.4, 0.5) is 5.69 Å². The summed E-state index contributed by atoms with van der Waals surface area (Å²) in [5.41, 5.74) is 2.26. The Morgan fingerprint density at radius 2 is 1.52 bits per heavy atom. The van der Waals surface area contributed by atoms with E-state index in [0.717, 1.165) is 16.3 Å². The summed E-state index contributed by atoms with van der Waals surface area (Å²) >= 11 is 0. The quantitative estimate of drug-likeness (QED) is 0.482. The standard InChI is InChI=1S/C25H22N4O2/c30-24(19-10-5-2-6-11-19)29-23(15-14-18-8-3-1-4-9-18)25(31)28-22-13-7-12-20-16-26-27-17-21(20)22/h1-13,16-17,23H,14-15H2,(H,28,31)(H,29,30). The smallest absolute Gasteiger partial charge is 0.251 e. The molecule has 31 heavy (non-hydrogen) atoms. The zero-order valence-electron chi connectivity index (χ0n) is 16.9. The molecule has 154 valence electrons. The van der Waals surface area contributed by atoms with Gasteiger partial charge in [0.05, 0.1) is 18.1 Å². The van der Waals surface area contributed by atoms with Crippen LogP contribution in [0.5, 0.6) is 0 Å². The highest BCUT2D eigenvalue weighted by Gasteiger charge is 2.22. The molecule has 4 rings (SSSR count). The van der Waals surface area contributed by atoms with Gasteiger partial charge in [-0.1, -0.05) is 60.7 Å². The first kappa shape index (κ1) is 20.2. The van der Waals surface area contributed by atoms with E-state index in [1.807, 2.05) is 54.6 Å². The first-order valence-corrected chi connectivity index (χ1v) is 10.1. The minimum Gasteiger partial charge on any atom is -0.340 e. The number of nitrogens with zero attached hydrogens (tertiary/aromatic N) is 2. The Labute approximate surface area is 180 Å². The van der Waals surface area contributed by atoms with E-state index in [1.54, 1.807) is 36.7 Å². The summed E-state index contributed by atoms with van der Waals surface area (Å²) < 4.78 is 0. The normalized spacial score (nSPS) is 11.6. The van der Waals surface area contributed by atoms with E-state index in [2.05, 4.69) is 20.8 Å². The predicted molar refractivity (Wildman–Crippen MR) is 121 cm³/mol. The molecule has 0 saturated heterocycles. The van der Waals surface area contributed by atoms with Crippen LogP contribution < -0.4 is 10.6 Å². The Hall–Kier alpha value is -4.06. The second kappa shape index (κ2) is 9.63. The summed E-state index contributed by atoms with van der Waals surface area (Å²) in [5.74, 6) is -0.554. The Bertz CT molecular complexity index is 1170. The molecule has 6 heteroatoms. The maximum atomic E-state index is 13.2. The average molecular weight is 410 g/mol. The summed E-state index contributed by atoms with van der Waals surface area (Å²) in [7, 11) is 0. The number of rotatable bonds is 7. The van der Waals surface area contributed by atoms with Gasteiger partial charge in [0, 0.05) is 16.3 Å². The molecule has 2 amide bonds. The molecule has 1 heterocycles. The molecule has 3 aromatic carbocycles. The summed E-state index contributed by atoms with van der Waals surface area (Å²) in [6.07, 6.45) is 4.40. The topological polar surface area (TPSA) is 84.0 Å². The minimum atomic E-state index is -0.696. The second-order valence-electron chi connectivity index (χ2n) is 7.20. The van der Waals surface area contributed by atoms with Crippen LogP contribution in [0.3, 0.4) is 0 Å². The molecule has 0 radical (unpaired) electrons. The van der Waals surface area contributed by atoms with Crippen LogP contribution in [0, 0.1) is 0 Å². The number of aromatic nitrogens is 2. The Morgan fingerprint density at radius 3 is 2.29 bits per heavy atom. The van der Waals surface area contributed by atoms with Crippen molar-refractivity contribution in [3.05, 3.63) is 102 Å². The number of fused-ring (bicyclic) bond motifs is 1. The molecule has 2 N–H and O–H groups in total. The molecule has 4 aromatic rings. The number of anilines is 1. The molecule has 0 aliphatic rings. The number of benzene rings is 3. The van der Waals surface area contributed by atoms with Crippen LogP contribution in [0.1, 0.15) is 22.3 Å². The number of carbonyl (C=O) groups excluding carboxylic acids is 2. The molecular weight excluding hydrogens is 388 g/mol. The van der Waals surface area contributed by atoms with E-state index in [4.69, 9.17) is 0 Å². The fourth-order valence-electron chi connectivity index (χ4n) is 3.41. The van der Waals surface area contributed by atoms with Crippen LogP contribution in [0.25, 0.3) is 10.8 Å². The highest BCUT2D eigenvalue weighted by Crippen LogP contribution is 2.22. The van der Waals surface area contributed by atoms with Crippen molar-refractivity contribution in [1.29, 1.82) is 0 Å². The highest BCUT2D eigenvalue weighted by molar-refractivity contribution is 6.05. The van der Waals surface area contributed by atoms with Crippen LogP contribution >= 0.6 is 0 Å². The number of carbonyl (C=O) groups is 2. The lowest BCUT2D eigenvalue weighted by molar-refractivity contribution is -0.118. The van der Waals surface area contributed by atoms with Crippen molar-refractivity contribution < 1.29 is 9.59 Å². The minimum absolute atomic E-state index is 0.274. The zero-order valence-corrected chi connectivity index (χ0v) is 16.9. The monoisotopic (exact) mass is 410 g/mol. The van der Waals surface area contributed by atoms with Crippen molar-refractivity contribution in [3.63, 3.8) is 0 Å². The fourth-order valence-corrected chi connectivity index (χ4v) is 3.41. The maximum absolute atomic E-state index is 13.2. The summed E-state index contributed by atoms with van der Waals surface area (Å²) in [6.45, 7) is 0. The van der Waals surface area contributed by atoms with E-state index in [0.29, 0.717) is 24.1 Å². The summed E-state index contributed by atoms with van der Waals surface area (Å²) in [6, 6.07) is 23.7. The SMILES string of the molecule is O=C(NC(CCc1ccccc1)C(=O)Nc1cccc2cnncc12)c1ccccc1. The van der Waals surface area contributed by atoms with E-state index < -0.39 is 6.04 Å². The first-order valence-electron chi connectivity index (χ1n) is 10.1. The summed E-state index contributed by atoms with van der Waals surface area (Å²) in [5, 5.41) is 15.3. The van der Waals surface area contributed by atoms with Gasteiger partial charge < -0.3 is 10.6 Å². The largest absolute Gasteiger partial charge is 0.340 e. The zero-order chi connectivity index (χ0) is 21.5. The van der Waals surface area contributed by atoms with Crippen molar-refractivity contribution >= 4 is 28.3 Å². The molecule has 0 aliphatic heterocycles. The van der Waals surface area contributed by atoms with Gasteiger partial charge in [0.1, 0.15) is 6.04 Å². The molecule has 0 spiro atoms. The van der Waals surface area contributed by atoms with Gasteiger partial charge in [-0.15, -0.1) is 0 Å². The first-order chi connectivity index (χ1) is 15.2. The van der Waals surface area contributed by atoms with Gasteiger partial charge in [-0.05, 0) is 36.6 Å². The van der Waals surface area contributed by atoms with E-state index >= 15 is 0 Å². The van der Waals surface area contributed by atoms with Crippen molar-refractivity contribution in [3.8, 4) is 0 Å². The number of aryl methyl sites for hydroxylation is 1. The lowest BCUT2D eigenvalue weighted by Crippen LogP contribution is -2.44. The number of amides is 2. The Kier molecular flexibility index (Phi) is 6.28. The highest BCUT2D eigenvalue weighted by atomic mass is 16.2. The Balaban J connectivity index is 1.54. The maximum Gasteiger partial charge on any atom is 0.251 e. The van der Waals surface area contributed by atoms with Crippen LogP contribution in [-0.2, 0) is 11.2 Å². The van der Waals surface area contributed by atoms with Crippen LogP contribution in [-0.4, -0.2) is 28.1 Å². The molecule has 1 aromatic heterocycles. The molecule has 6 nitrogen and oxygen atoms in total. The third-order valence-corrected chi connectivity index (χ3v) is 5.07. The molecule has 0 bridgehead atoms. The van der Waals surface area contributed by atoms with Gasteiger partial charge in [-0.25, -0.2) is 0 Å². The molecule has 1 unspecified atom stereocenters. The van der Waals surface area contributed by atoms with Gasteiger partial charge in [0.2, 0.25) is 5.91 Å². The van der Waals surface area contributed by atoms with Gasteiger partial charge in [-0.2, -0.15) is 10.2 Å². The molecule has 1 atom stereocenters. The molecule has 0 aliphatic carbocycles. The van der Waals surface area contributed by atoms with Crippen molar-refractivity contribution in [2.45, 2.75) is 18.9 Å². The summed E-state index contributed by atoms with van der Waals surface area (Å²) in [4.78, 5) is 25.9. The van der Waals surface area contributed by atoms with Crippen molar-refractivity contribution in [1.82, 2.24) is 15.5 Å². The second-order valence-corrected chi connectivity index (χ2v) is 7.20. The van der Waals surface area contributed by atoms with Crippen LogP contribution in [0.2, 0.25) is 0 Å². The van der Waals surface area contributed by atoms with Gasteiger partial charge in [0.25, 0.3) is 5.91 Å². The number of hydrogen-bond donors (Lipinski definition) is 2. The average Bonchev–Trinajstić information content (AvgIpc) is 2.83. The van der Waals surface area contributed by atoms with E-state index in [1.165, 1.54) is 0 Å². The lowest BCUT2D eigenvalue weighted by Gasteiger charge is -2.19. The number of hydrogen-bond acceptors (Lipinski definition) is 4. The predicted octanol–water partition coefficient (Wildman–Crippen LogP) is 4.00. The lowest BCUT2D eigenvalue weighted by atomic mass is 10.0. The molecular formula is C25H22N4O2. The van der Waals surface area contributed by atoms with E-state index in [9.17, 15) is 9.59 Å². The van der Waals surface area contributed by atoms with Crippen LogP contribution in [0.15, 0.2) is 91.3 Å².